The van der Waals surface area contributed by atoms with Crippen LogP contribution in [0.3, 0.4) is 0 Å². The molecule has 2 atom stereocenters. The second-order valence-corrected chi connectivity index (χ2v) is 10.2. The summed E-state index contributed by atoms with van der Waals surface area (Å²) in [4.78, 5) is 38.9. The van der Waals surface area contributed by atoms with Crippen LogP contribution in [0.15, 0.2) is 48.5 Å². The van der Waals surface area contributed by atoms with E-state index < -0.39 is 18.1 Å². The van der Waals surface area contributed by atoms with Gasteiger partial charge < -0.3 is 20.1 Å². The largest absolute Gasteiger partial charge is 0.481 e. The highest BCUT2D eigenvalue weighted by molar-refractivity contribution is 7.98. The summed E-state index contributed by atoms with van der Waals surface area (Å²) in [6.07, 6.45) is 3.46. The standard InChI is InChI=1S/C27H32N2O5S/c1-35-14-12-24(26(32)29-13-6-7-18(16-29)15-25(30)31)28-27(33)34-17-23-21-10-4-2-8-19(21)20-9-3-5-11-22(20)23/h2-5,8-11,18,23-24H,6-7,12-17H2,1H3,(H,28,33)(H,30,31)/t18?,24-/m1/s1. The second kappa shape index (κ2) is 11.6. The van der Waals surface area contributed by atoms with E-state index in [1.54, 1.807) is 16.7 Å². The number of carboxylic acids is 1. The molecular weight excluding hydrogens is 464 g/mol. The Morgan fingerprint density at radius 3 is 2.40 bits per heavy atom. The molecule has 1 saturated heterocycles. The van der Waals surface area contributed by atoms with Gasteiger partial charge >= 0.3 is 12.1 Å². The first-order valence-corrected chi connectivity index (χ1v) is 13.5. The topological polar surface area (TPSA) is 95.9 Å². The summed E-state index contributed by atoms with van der Waals surface area (Å²) >= 11 is 1.61. The Bertz CT molecular complexity index is 1030. The zero-order valence-corrected chi connectivity index (χ0v) is 20.8. The summed E-state index contributed by atoms with van der Waals surface area (Å²) in [7, 11) is 0. The number of nitrogens with zero attached hydrogens (tertiary/aromatic N) is 1. The summed E-state index contributed by atoms with van der Waals surface area (Å²) in [5.41, 5.74) is 4.58. The van der Waals surface area contributed by atoms with E-state index in [1.165, 1.54) is 0 Å². The molecule has 1 unspecified atom stereocenters. The molecule has 7 nitrogen and oxygen atoms in total. The van der Waals surface area contributed by atoms with Gasteiger partial charge in [-0.25, -0.2) is 4.79 Å². The van der Waals surface area contributed by atoms with Crippen molar-refractivity contribution in [1.29, 1.82) is 0 Å². The molecule has 0 aromatic heterocycles. The van der Waals surface area contributed by atoms with Gasteiger partial charge in [0.05, 0.1) is 0 Å². The quantitative estimate of drug-likeness (QED) is 0.536. The van der Waals surface area contributed by atoms with E-state index in [4.69, 9.17) is 9.84 Å². The lowest BCUT2D eigenvalue weighted by Gasteiger charge is -2.34. The van der Waals surface area contributed by atoms with Gasteiger partial charge in [0.25, 0.3) is 0 Å². The predicted molar refractivity (Wildman–Crippen MR) is 137 cm³/mol. The number of alkyl carbamates (subject to hydrolysis) is 1. The molecule has 35 heavy (non-hydrogen) atoms. The Balaban J connectivity index is 1.39. The first-order chi connectivity index (χ1) is 17.0. The fraction of sp³-hybridized carbons (Fsp3) is 0.444. The van der Waals surface area contributed by atoms with Gasteiger partial charge in [-0.3, -0.25) is 9.59 Å². The smallest absolute Gasteiger partial charge is 0.407 e. The van der Waals surface area contributed by atoms with Crippen molar-refractivity contribution in [3.05, 3.63) is 59.7 Å². The average Bonchev–Trinajstić information content (AvgIpc) is 3.18. The fourth-order valence-corrected chi connectivity index (χ4v) is 5.65. The van der Waals surface area contributed by atoms with Gasteiger partial charge in [-0.05, 0) is 59.4 Å². The normalized spacial score (nSPS) is 17.9. The molecule has 2 aromatic carbocycles. The zero-order valence-electron chi connectivity index (χ0n) is 19.9. The Hall–Kier alpha value is -3.00. The van der Waals surface area contributed by atoms with Crippen LogP contribution in [-0.2, 0) is 14.3 Å². The van der Waals surface area contributed by atoms with Gasteiger partial charge in [-0.1, -0.05) is 48.5 Å². The highest BCUT2D eigenvalue weighted by Gasteiger charge is 2.32. The van der Waals surface area contributed by atoms with Crippen molar-refractivity contribution in [3.8, 4) is 11.1 Å². The maximum absolute atomic E-state index is 13.3. The molecule has 2 aliphatic rings. The van der Waals surface area contributed by atoms with E-state index in [9.17, 15) is 14.4 Å². The Labute approximate surface area is 210 Å². The third-order valence-corrected chi connectivity index (χ3v) is 7.48. The van der Waals surface area contributed by atoms with Crippen molar-refractivity contribution >= 4 is 29.7 Å². The number of benzene rings is 2. The molecule has 2 N–H and O–H groups in total. The first-order valence-electron chi connectivity index (χ1n) is 12.1. The van der Waals surface area contributed by atoms with Crippen molar-refractivity contribution in [3.63, 3.8) is 0 Å². The molecular formula is C27H32N2O5S. The number of piperidine rings is 1. The lowest BCUT2D eigenvalue weighted by molar-refractivity contribution is -0.141. The lowest BCUT2D eigenvalue weighted by atomic mass is 9.94. The molecule has 8 heteroatoms. The number of likely N-dealkylation sites (tertiary alicyclic amines) is 1. The van der Waals surface area contributed by atoms with Crippen LogP contribution < -0.4 is 5.32 Å². The third kappa shape index (κ3) is 5.99. The fourth-order valence-electron chi connectivity index (χ4n) is 5.17. The lowest BCUT2D eigenvalue weighted by Crippen LogP contribution is -2.51. The van der Waals surface area contributed by atoms with Crippen molar-refractivity contribution in [2.45, 2.75) is 37.6 Å². The van der Waals surface area contributed by atoms with Gasteiger partial charge in [-0.15, -0.1) is 0 Å². The number of aliphatic carboxylic acids is 1. The van der Waals surface area contributed by atoms with Gasteiger partial charge in [0.15, 0.2) is 0 Å². The van der Waals surface area contributed by atoms with Crippen LogP contribution >= 0.6 is 11.8 Å². The molecule has 2 aromatic rings. The van der Waals surface area contributed by atoms with E-state index in [2.05, 4.69) is 29.6 Å². The minimum absolute atomic E-state index is 0.0487. The summed E-state index contributed by atoms with van der Waals surface area (Å²) in [5, 5.41) is 11.9. The number of hydrogen-bond donors (Lipinski definition) is 2. The van der Waals surface area contributed by atoms with Gasteiger partial charge in [0.1, 0.15) is 12.6 Å². The molecule has 0 radical (unpaired) electrons. The Kier molecular flexibility index (Phi) is 8.33. The summed E-state index contributed by atoms with van der Waals surface area (Å²) in [5.74, 6) is -0.400. The molecule has 4 rings (SSSR count). The van der Waals surface area contributed by atoms with Crippen molar-refractivity contribution < 1.29 is 24.2 Å². The Morgan fingerprint density at radius 2 is 1.77 bits per heavy atom. The maximum Gasteiger partial charge on any atom is 0.407 e. The SMILES string of the molecule is CSCC[C@@H](NC(=O)OCC1c2ccccc2-c2ccccc21)C(=O)N1CCCC(CC(=O)O)C1. The number of carbonyl (C=O) groups is 3. The summed E-state index contributed by atoms with van der Waals surface area (Å²) in [6, 6.07) is 15.6. The van der Waals surface area contributed by atoms with Crippen LogP contribution in [-0.4, -0.2) is 65.7 Å². The molecule has 1 fully saturated rings. The highest BCUT2D eigenvalue weighted by atomic mass is 32.2. The number of thioether (sulfide) groups is 1. The van der Waals surface area contributed by atoms with E-state index in [0.717, 1.165) is 35.1 Å². The van der Waals surface area contributed by atoms with E-state index >= 15 is 0 Å². The van der Waals surface area contributed by atoms with E-state index in [1.807, 2.05) is 30.5 Å². The van der Waals surface area contributed by atoms with Gasteiger partial charge in [0.2, 0.25) is 5.91 Å². The molecule has 1 heterocycles. The number of amides is 2. The minimum Gasteiger partial charge on any atom is -0.481 e. The van der Waals surface area contributed by atoms with Gasteiger partial charge in [-0.2, -0.15) is 11.8 Å². The van der Waals surface area contributed by atoms with E-state index in [-0.39, 0.29) is 30.8 Å². The number of ether oxygens (including phenoxy) is 1. The first kappa shape index (κ1) is 25.1. The van der Waals surface area contributed by atoms with Crippen molar-refractivity contribution in [1.82, 2.24) is 10.2 Å². The van der Waals surface area contributed by atoms with Crippen LogP contribution in [0.5, 0.6) is 0 Å². The van der Waals surface area contributed by atoms with Crippen LogP contribution in [0, 0.1) is 5.92 Å². The number of hydrogen-bond acceptors (Lipinski definition) is 5. The van der Waals surface area contributed by atoms with Crippen LogP contribution in [0.25, 0.3) is 11.1 Å². The second-order valence-electron chi connectivity index (χ2n) is 9.19. The number of rotatable bonds is 9. The third-order valence-electron chi connectivity index (χ3n) is 6.84. The molecule has 186 valence electrons. The molecule has 1 aliphatic heterocycles. The van der Waals surface area contributed by atoms with Crippen molar-refractivity contribution in [2.75, 3.05) is 31.7 Å². The minimum atomic E-state index is -0.847. The number of carboxylic acid groups (broad SMARTS) is 1. The zero-order chi connectivity index (χ0) is 24.8. The van der Waals surface area contributed by atoms with E-state index in [0.29, 0.717) is 25.3 Å². The molecule has 0 saturated carbocycles. The summed E-state index contributed by atoms with van der Waals surface area (Å²) < 4.78 is 5.66. The molecule has 0 bridgehead atoms. The number of fused-ring (bicyclic) bond motifs is 3. The highest BCUT2D eigenvalue weighted by Crippen LogP contribution is 2.44. The number of nitrogens with one attached hydrogen (secondary N) is 1. The average molecular weight is 497 g/mol. The predicted octanol–water partition coefficient (Wildman–Crippen LogP) is 4.36. The number of carbonyl (C=O) groups excluding carboxylic acids is 2. The van der Waals surface area contributed by atoms with Gasteiger partial charge in [0, 0.05) is 25.4 Å². The molecule has 0 spiro atoms. The van der Waals surface area contributed by atoms with Crippen molar-refractivity contribution in [2.24, 2.45) is 5.92 Å². The monoisotopic (exact) mass is 496 g/mol. The molecule has 1 aliphatic carbocycles. The Morgan fingerprint density at radius 1 is 1.11 bits per heavy atom. The van der Waals surface area contributed by atoms with Crippen LogP contribution in [0.1, 0.15) is 42.7 Å². The maximum atomic E-state index is 13.3. The summed E-state index contributed by atoms with van der Waals surface area (Å²) in [6.45, 7) is 1.18. The van der Waals surface area contributed by atoms with Crippen LogP contribution in [0.2, 0.25) is 0 Å². The van der Waals surface area contributed by atoms with Crippen LogP contribution in [0.4, 0.5) is 4.79 Å². The molecule has 2 amide bonds.